The summed E-state index contributed by atoms with van der Waals surface area (Å²) in [5.41, 5.74) is -1.35. The van der Waals surface area contributed by atoms with E-state index in [4.69, 9.17) is 4.74 Å². The molecular weight excluding hydrogens is 230 g/mol. The fourth-order valence-corrected chi connectivity index (χ4v) is 4.31. The van der Waals surface area contributed by atoms with Crippen LogP contribution in [-0.2, 0) is 9.53 Å². The second-order valence-electron chi connectivity index (χ2n) is 5.84. The normalized spacial score (nSPS) is 37.6. The molecule has 0 unspecified atom stereocenters. The molecule has 2 N–H and O–H groups in total. The van der Waals surface area contributed by atoms with Crippen molar-refractivity contribution in [2.45, 2.75) is 63.6 Å². The van der Waals surface area contributed by atoms with E-state index in [1.54, 1.807) is 7.05 Å². The van der Waals surface area contributed by atoms with Gasteiger partial charge in [-0.15, -0.1) is 0 Å². The third kappa shape index (κ3) is 1.55. The van der Waals surface area contributed by atoms with Crippen molar-refractivity contribution in [3.63, 3.8) is 0 Å². The molecule has 104 valence electrons. The highest BCUT2D eigenvalue weighted by Crippen LogP contribution is 2.61. The van der Waals surface area contributed by atoms with E-state index in [2.05, 4.69) is 19.2 Å². The predicted molar refractivity (Wildman–Crippen MR) is 69.2 cm³/mol. The quantitative estimate of drug-likeness (QED) is 0.802. The van der Waals surface area contributed by atoms with Crippen molar-refractivity contribution < 1.29 is 14.6 Å². The fourth-order valence-electron chi connectivity index (χ4n) is 4.31. The Morgan fingerprint density at radius 2 is 2.00 bits per heavy atom. The smallest absolute Gasteiger partial charge is 0.228 e. The third-order valence-electron chi connectivity index (χ3n) is 5.24. The highest BCUT2D eigenvalue weighted by atomic mass is 16.5. The highest BCUT2D eigenvalue weighted by Gasteiger charge is 2.67. The van der Waals surface area contributed by atoms with Crippen LogP contribution in [0.15, 0.2) is 0 Å². The Balaban J connectivity index is 2.48. The van der Waals surface area contributed by atoms with Crippen molar-refractivity contribution in [1.82, 2.24) is 5.32 Å². The molecule has 1 amide bonds. The van der Waals surface area contributed by atoms with Crippen molar-refractivity contribution in [3.8, 4) is 0 Å². The maximum absolute atomic E-state index is 12.5. The zero-order valence-electron chi connectivity index (χ0n) is 11.7. The minimum absolute atomic E-state index is 0.0213. The first-order valence-electron chi connectivity index (χ1n) is 7.07. The highest BCUT2D eigenvalue weighted by molar-refractivity contribution is 5.84. The lowest BCUT2D eigenvalue weighted by molar-refractivity contribution is -0.155. The van der Waals surface area contributed by atoms with Crippen molar-refractivity contribution in [2.24, 2.45) is 5.41 Å². The van der Waals surface area contributed by atoms with Crippen LogP contribution in [0.1, 0.15) is 52.4 Å². The molecule has 2 bridgehead atoms. The summed E-state index contributed by atoms with van der Waals surface area (Å²) in [6.07, 6.45) is 4.99. The standard InChI is InChI=1S/C14H25NO3/c1-4-14(5-2)13(11(17)15-3)8-6-7-12(9-13,10-16)18-14/h16H,4-10H2,1-3H3,(H,15,17)/t12-,13+/m1/s1. The molecule has 2 rings (SSSR count). The molecule has 2 aliphatic rings. The van der Waals surface area contributed by atoms with E-state index in [1.807, 2.05) is 0 Å². The molecule has 2 fully saturated rings. The molecule has 2 atom stereocenters. The van der Waals surface area contributed by atoms with Gasteiger partial charge in [-0.05, 0) is 38.5 Å². The topological polar surface area (TPSA) is 58.6 Å². The van der Waals surface area contributed by atoms with Gasteiger partial charge in [0.05, 0.1) is 23.2 Å². The van der Waals surface area contributed by atoms with Gasteiger partial charge in [0.15, 0.2) is 0 Å². The number of carbonyl (C=O) groups is 1. The van der Waals surface area contributed by atoms with Crippen LogP contribution in [0.5, 0.6) is 0 Å². The summed E-state index contributed by atoms with van der Waals surface area (Å²) in [6.45, 7) is 4.19. The Labute approximate surface area is 109 Å². The monoisotopic (exact) mass is 255 g/mol. The average Bonchev–Trinajstić information content (AvgIpc) is 2.64. The minimum atomic E-state index is -0.489. The molecule has 1 saturated heterocycles. The first kappa shape index (κ1) is 13.8. The Bertz CT molecular complexity index is 340. The maximum Gasteiger partial charge on any atom is 0.228 e. The SMILES string of the molecule is CCC1(CC)O[C@]2(CO)CCC[C@@]1(C(=O)NC)C2. The summed E-state index contributed by atoms with van der Waals surface area (Å²) in [7, 11) is 1.70. The molecule has 0 spiro atoms. The van der Waals surface area contributed by atoms with Gasteiger partial charge in [0.25, 0.3) is 0 Å². The molecule has 1 aliphatic heterocycles. The average molecular weight is 255 g/mol. The van der Waals surface area contributed by atoms with Crippen LogP contribution < -0.4 is 5.32 Å². The Morgan fingerprint density at radius 1 is 1.33 bits per heavy atom. The molecule has 4 nitrogen and oxygen atoms in total. The van der Waals surface area contributed by atoms with Crippen LogP contribution in [0.4, 0.5) is 0 Å². The van der Waals surface area contributed by atoms with Gasteiger partial charge in [0, 0.05) is 7.05 Å². The Kier molecular flexibility index (Phi) is 3.45. The van der Waals surface area contributed by atoms with Gasteiger partial charge < -0.3 is 15.2 Å². The van der Waals surface area contributed by atoms with E-state index >= 15 is 0 Å². The van der Waals surface area contributed by atoms with Crippen LogP contribution >= 0.6 is 0 Å². The number of aliphatic hydroxyl groups excluding tert-OH is 1. The third-order valence-corrected chi connectivity index (χ3v) is 5.24. The maximum atomic E-state index is 12.5. The summed E-state index contributed by atoms with van der Waals surface area (Å²) in [5, 5.41) is 12.5. The van der Waals surface area contributed by atoms with Crippen molar-refractivity contribution in [1.29, 1.82) is 0 Å². The van der Waals surface area contributed by atoms with E-state index in [0.29, 0.717) is 6.42 Å². The number of nitrogens with one attached hydrogen (secondary N) is 1. The summed E-state index contributed by atoms with van der Waals surface area (Å²) in [6, 6.07) is 0. The number of fused-ring (bicyclic) bond motifs is 2. The van der Waals surface area contributed by atoms with Gasteiger partial charge in [-0.1, -0.05) is 13.8 Å². The number of carbonyl (C=O) groups excluding carboxylic acids is 1. The Morgan fingerprint density at radius 3 is 2.50 bits per heavy atom. The van der Waals surface area contributed by atoms with E-state index in [1.165, 1.54) is 0 Å². The summed E-state index contributed by atoms with van der Waals surface area (Å²) < 4.78 is 6.32. The van der Waals surface area contributed by atoms with Crippen molar-refractivity contribution in [3.05, 3.63) is 0 Å². The molecule has 1 saturated carbocycles. The largest absolute Gasteiger partial charge is 0.393 e. The minimum Gasteiger partial charge on any atom is -0.393 e. The lowest BCUT2D eigenvalue weighted by Crippen LogP contribution is -2.53. The molecule has 0 aromatic heterocycles. The second kappa shape index (κ2) is 4.49. The van der Waals surface area contributed by atoms with Gasteiger partial charge in [-0.2, -0.15) is 0 Å². The number of rotatable bonds is 4. The van der Waals surface area contributed by atoms with Crippen LogP contribution in [0, 0.1) is 5.41 Å². The molecule has 0 aromatic rings. The van der Waals surface area contributed by atoms with Gasteiger partial charge in [0.2, 0.25) is 5.91 Å². The zero-order valence-corrected chi connectivity index (χ0v) is 11.7. The number of amides is 1. The van der Waals surface area contributed by atoms with Gasteiger partial charge in [-0.3, -0.25) is 4.79 Å². The molecule has 0 radical (unpaired) electrons. The number of aliphatic hydroxyl groups is 1. The zero-order chi connectivity index (χ0) is 13.4. The van der Waals surface area contributed by atoms with Gasteiger partial charge >= 0.3 is 0 Å². The predicted octanol–water partition coefficient (Wildman–Crippen LogP) is 1.61. The summed E-state index contributed by atoms with van der Waals surface area (Å²) in [5.74, 6) is 0.0845. The first-order chi connectivity index (χ1) is 8.53. The van der Waals surface area contributed by atoms with E-state index in [-0.39, 0.29) is 12.5 Å². The van der Waals surface area contributed by atoms with E-state index < -0.39 is 16.6 Å². The number of hydrogen-bond acceptors (Lipinski definition) is 3. The number of ether oxygens (including phenoxy) is 1. The van der Waals surface area contributed by atoms with Crippen LogP contribution in [0.2, 0.25) is 0 Å². The summed E-state index contributed by atoms with van der Waals surface area (Å²) >= 11 is 0. The molecule has 1 aliphatic carbocycles. The van der Waals surface area contributed by atoms with Crippen LogP contribution in [-0.4, -0.2) is 35.9 Å². The van der Waals surface area contributed by atoms with Gasteiger partial charge in [-0.25, -0.2) is 0 Å². The fraction of sp³-hybridized carbons (Fsp3) is 0.929. The molecule has 1 heterocycles. The Hall–Kier alpha value is -0.610. The lowest BCUT2D eigenvalue weighted by Gasteiger charge is -2.42. The summed E-state index contributed by atoms with van der Waals surface area (Å²) in [4.78, 5) is 12.5. The van der Waals surface area contributed by atoms with Crippen molar-refractivity contribution >= 4 is 5.91 Å². The van der Waals surface area contributed by atoms with Crippen LogP contribution in [0.25, 0.3) is 0 Å². The lowest BCUT2D eigenvalue weighted by atomic mass is 9.60. The van der Waals surface area contributed by atoms with E-state index in [9.17, 15) is 9.90 Å². The van der Waals surface area contributed by atoms with Crippen LogP contribution in [0.3, 0.4) is 0 Å². The van der Waals surface area contributed by atoms with Gasteiger partial charge in [0.1, 0.15) is 0 Å². The van der Waals surface area contributed by atoms with Crippen molar-refractivity contribution in [2.75, 3.05) is 13.7 Å². The first-order valence-corrected chi connectivity index (χ1v) is 7.07. The molecule has 0 aromatic carbocycles. The molecular formula is C14H25NO3. The second-order valence-corrected chi connectivity index (χ2v) is 5.84. The molecule has 4 heteroatoms. The molecule has 18 heavy (non-hydrogen) atoms. The number of hydrogen-bond donors (Lipinski definition) is 2. The van der Waals surface area contributed by atoms with E-state index in [0.717, 1.165) is 32.1 Å².